The van der Waals surface area contributed by atoms with Crippen LogP contribution in [0.4, 0.5) is 13.2 Å². The lowest BCUT2D eigenvalue weighted by Gasteiger charge is -2.33. The van der Waals surface area contributed by atoms with Gasteiger partial charge in [0.1, 0.15) is 17.7 Å². The van der Waals surface area contributed by atoms with Crippen LogP contribution in [0.5, 0.6) is 0 Å². The van der Waals surface area contributed by atoms with Crippen molar-refractivity contribution < 1.29 is 17.9 Å². The molecule has 0 amide bonds. The number of methoxy groups -OCH3 is 1. The van der Waals surface area contributed by atoms with Gasteiger partial charge < -0.3 is 9.72 Å². The first-order valence-electron chi connectivity index (χ1n) is 10.4. The van der Waals surface area contributed by atoms with Crippen LogP contribution >= 0.6 is 0 Å². The maximum Gasteiger partial charge on any atom is 0.161 e. The Morgan fingerprint density at radius 2 is 1.74 bits per heavy atom. The standard InChI is InChI=1S/C24H22F3N3O/c1-31-23(24-29-21-11-18(26)19(27)12-22(21)30-24)14-4-2-13(3-5-14)16-8-9-28-20-7-6-15(25)10-17(16)20/h6-14,23H,2-5H2,1H3,(H,29,30). The highest BCUT2D eigenvalue weighted by molar-refractivity contribution is 5.82. The van der Waals surface area contributed by atoms with Crippen LogP contribution in [0.15, 0.2) is 42.6 Å². The number of aromatic amines is 1. The number of benzene rings is 2. The number of pyridine rings is 1. The zero-order valence-electron chi connectivity index (χ0n) is 17.0. The number of aromatic nitrogens is 3. The number of hydrogen-bond donors (Lipinski definition) is 1. The Bertz CT molecular complexity index is 1210. The molecule has 1 N–H and O–H groups in total. The van der Waals surface area contributed by atoms with Gasteiger partial charge in [0.15, 0.2) is 11.6 Å². The quantitative estimate of drug-likeness (QED) is 0.424. The molecule has 0 bridgehead atoms. The molecule has 7 heteroatoms. The van der Waals surface area contributed by atoms with Crippen LogP contribution in [0.25, 0.3) is 21.9 Å². The van der Waals surface area contributed by atoms with E-state index in [0.29, 0.717) is 22.8 Å². The predicted molar refractivity (Wildman–Crippen MR) is 112 cm³/mol. The normalized spacial score (nSPS) is 20.4. The minimum Gasteiger partial charge on any atom is -0.373 e. The molecule has 160 valence electrons. The van der Waals surface area contributed by atoms with Gasteiger partial charge in [0.2, 0.25) is 0 Å². The van der Waals surface area contributed by atoms with Gasteiger partial charge in [-0.05, 0) is 67.3 Å². The molecule has 0 saturated heterocycles. The summed E-state index contributed by atoms with van der Waals surface area (Å²) in [5.41, 5.74) is 2.77. The van der Waals surface area contributed by atoms with Crippen LogP contribution in [-0.4, -0.2) is 22.1 Å². The van der Waals surface area contributed by atoms with E-state index in [1.165, 1.54) is 6.07 Å². The molecule has 0 spiro atoms. The van der Waals surface area contributed by atoms with Gasteiger partial charge in [0.05, 0.1) is 16.6 Å². The number of H-pyrrole nitrogens is 1. The maximum atomic E-state index is 13.8. The maximum absolute atomic E-state index is 13.8. The van der Waals surface area contributed by atoms with Gasteiger partial charge in [-0.25, -0.2) is 18.2 Å². The second kappa shape index (κ2) is 7.96. The topological polar surface area (TPSA) is 50.8 Å². The Hall–Kier alpha value is -2.93. The third kappa shape index (κ3) is 3.67. The molecule has 2 aromatic heterocycles. The summed E-state index contributed by atoms with van der Waals surface area (Å²) in [5, 5.41) is 0.871. The summed E-state index contributed by atoms with van der Waals surface area (Å²) in [6.07, 6.45) is 5.18. The minimum atomic E-state index is -0.916. The summed E-state index contributed by atoms with van der Waals surface area (Å²) in [6.45, 7) is 0. The molecule has 2 heterocycles. The third-order valence-electron chi connectivity index (χ3n) is 6.44. The summed E-state index contributed by atoms with van der Waals surface area (Å²) in [4.78, 5) is 11.9. The number of nitrogens with zero attached hydrogens (tertiary/aromatic N) is 2. The van der Waals surface area contributed by atoms with Crippen molar-refractivity contribution in [1.82, 2.24) is 15.0 Å². The van der Waals surface area contributed by atoms with Crippen molar-refractivity contribution in [3.8, 4) is 0 Å². The number of nitrogens with one attached hydrogen (secondary N) is 1. The number of rotatable bonds is 4. The first-order chi connectivity index (χ1) is 15.0. The fourth-order valence-corrected chi connectivity index (χ4v) is 4.92. The van der Waals surface area contributed by atoms with Crippen molar-refractivity contribution >= 4 is 21.9 Å². The van der Waals surface area contributed by atoms with E-state index in [4.69, 9.17) is 4.74 Å². The Labute approximate surface area is 177 Å². The molecule has 0 radical (unpaired) electrons. The van der Waals surface area contributed by atoms with E-state index in [1.807, 2.05) is 6.07 Å². The van der Waals surface area contributed by atoms with Gasteiger partial charge in [-0.2, -0.15) is 0 Å². The fourth-order valence-electron chi connectivity index (χ4n) is 4.92. The highest BCUT2D eigenvalue weighted by Crippen LogP contribution is 2.43. The molecule has 1 aliphatic rings. The van der Waals surface area contributed by atoms with Crippen LogP contribution < -0.4 is 0 Å². The minimum absolute atomic E-state index is 0.223. The molecule has 1 saturated carbocycles. The molecule has 1 unspecified atom stereocenters. The van der Waals surface area contributed by atoms with Crippen molar-refractivity contribution in [3.05, 3.63) is 71.4 Å². The lowest BCUT2D eigenvalue weighted by molar-refractivity contribution is 0.0274. The summed E-state index contributed by atoms with van der Waals surface area (Å²) >= 11 is 0. The predicted octanol–water partition coefficient (Wildman–Crippen LogP) is 6.19. The fraction of sp³-hybridized carbons (Fsp3) is 0.333. The molecular formula is C24H22F3N3O. The zero-order chi connectivity index (χ0) is 21.5. The van der Waals surface area contributed by atoms with Gasteiger partial charge in [0.25, 0.3) is 0 Å². The van der Waals surface area contributed by atoms with E-state index in [9.17, 15) is 13.2 Å². The van der Waals surface area contributed by atoms with Gasteiger partial charge in [-0.1, -0.05) is 0 Å². The average molecular weight is 425 g/mol. The lowest BCUT2D eigenvalue weighted by atomic mass is 9.76. The van der Waals surface area contributed by atoms with Gasteiger partial charge >= 0.3 is 0 Å². The third-order valence-corrected chi connectivity index (χ3v) is 6.44. The highest BCUT2D eigenvalue weighted by Gasteiger charge is 2.32. The number of halogens is 3. The molecule has 1 aliphatic carbocycles. The Morgan fingerprint density at radius 1 is 0.968 bits per heavy atom. The lowest BCUT2D eigenvalue weighted by Crippen LogP contribution is -2.22. The van der Waals surface area contributed by atoms with Crippen molar-refractivity contribution in [3.63, 3.8) is 0 Å². The van der Waals surface area contributed by atoms with Gasteiger partial charge in [-0.3, -0.25) is 4.98 Å². The zero-order valence-corrected chi connectivity index (χ0v) is 17.0. The smallest absolute Gasteiger partial charge is 0.161 e. The van der Waals surface area contributed by atoms with Crippen molar-refractivity contribution in [2.24, 2.45) is 5.92 Å². The van der Waals surface area contributed by atoms with Gasteiger partial charge in [0, 0.05) is 30.8 Å². The molecule has 1 atom stereocenters. The van der Waals surface area contributed by atoms with Crippen molar-refractivity contribution in [1.29, 1.82) is 0 Å². The van der Waals surface area contributed by atoms with Crippen LogP contribution in [0.1, 0.15) is 49.1 Å². The first-order valence-corrected chi connectivity index (χ1v) is 10.4. The average Bonchev–Trinajstić information content (AvgIpc) is 3.17. The second-order valence-electron chi connectivity index (χ2n) is 8.24. The summed E-state index contributed by atoms with van der Waals surface area (Å²) in [5.74, 6) is -0.949. The van der Waals surface area contributed by atoms with E-state index >= 15 is 0 Å². The van der Waals surface area contributed by atoms with E-state index in [2.05, 4.69) is 15.0 Å². The number of imidazole rings is 1. The summed E-state index contributed by atoms with van der Waals surface area (Å²) < 4.78 is 46.7. The molecular weight excluding hydrogens is 403 g/mol. The monoisotopic (exact) mass is 425 g/mol. The van der Waals surface area contributed by atoms with Crippen molar-refractivity contribution in [2.75, 3.05) is 7.11 Å². The van der Waals surface area contributed by atoms with Crippen LogP contribution in [0.3, 0.4) is 0 Å². The number of hydrogen-bond acceptors (Lipinski definition) is 3. The van der Waals surface area contributed by atoms with Crippen LogP contribution in [0.2, 0.25) is 0 Å². The highest BCUT2D eigenvalue weighted by atomic mass is 19.2. The van der Waals surface area contributed by atoms with Crippen LogP contribution in [-0.2, 0) is 4.74 Å². The first kappa shape index (κ1) is 20.0. The second-order valence-corrected chi connectivity index (χ2v) is 8.24. The number of fused-ring (bicyclic) bond motifs is 2. The van der Waals surface area contributed by atoms with Crippen LogP contribution in [0, 0.1) is 23.4 Å². The van der Waals surface area contributed by atoms with E-state index in [-0.39, 0.29) is 17.8 Å². The summed E-state index contributed by atoms with van der Waals surface area (Å²) in [7, 11) is 1.63. The van der Waals surface area contributed by atoms with E-state index < -0.39 is 11.6 Å². The molecule has 5 rings (SSSR count). The molecule has 0 aliphatic heterocycles. The largest absolute Gasteiger partial charge is 0.373 e. The van der Waals surface area contributed by atoms with E-state index in [0.717, 1.165) is 54.3 Å². The molecule has 1 fully saturated rings. The molecule has 31 heavy (non-hydrogen) atoms. The number of ether oxygens (including phenoxy) is 1. The van der Waals surface area contributed by atoms with Crippen molar-refractivity contribution in [2.45, 2.75) is 37.7 Å². The Kier molecular flexibility index (Phi) is 5.14. The van der Waals surface area contributed by atoms with Gasteiger partial charge in [-0.15, -0.1) is 0 Å². The molecule has 2 aromatic carbocycles. The Morgan fingerprint density at radius 3 is 2.52 bits per heavy atom. The molecule has 4 nitrogen and oxygen atoms in total. The van der Waals surface area contributed by atoms with E-state index in [1.54, 1.807) is 25.4 Å². The Balaban J connectivity index is 1.37. The SMILES string of the molecule is COC(c1nc2cc(F)c(F)cc2[nH]1)C1CCC(c2ccnc3ccc(F)cc23)CC1. The summed E-state index contributed by atoms with van der Waals surface area (Å²) in [6, 6.07) is 8.93. The molecule has 4 aromatic rings.